The molecule has 0 aliphatic heterocycles. The SMILES string of the molecule is COC(=O)c1ccc(C(C)Oc2cncc(Cl)c2)o1. The zero-order chi connectivity index (χ0) is 13.8. The normalized spacial score (nSPS) is 11.9. The van der Waals surface area contributed by atoms with Gasteiger partial charge in [0.1, 0.15) is 11.5 Å². The first kappa shape index (κ1) is 13.4. The van der Waals surface area contributed by atoms with E-state index >= 15 is 0 Å². The second-order valence-corrected chi connectivity index (χ2v) is 4.23. The summed E-state index contributed by atoms with van der Waals surface area (Å²) in [5, 5.41) is 0.486. The molecule has 0 N–H and O–H groups in total. The first-order valence-electron chi connectivity index (χ1n) is 5.55. The van der Waals surface area contributed by atoms with Crippen molar-refractivity contribution in [3.8, 4) is 5.75 Å². The van der Waals surface area contributed by atoms with Crippen LogP contribution in [0.25, 0.3) is 0 Å². The molecule has 0 aliphatic rings. The Bertz CT molecular complexity index is 582. The van der Waals surface area contributed by atoms with Crippen LogP contribution in [0.1, 0.15) is 29.3 Å². The molecule has 2 aromatic rings. The Morgan fingerprint density at radius 3 is 2.89 bits per heavy atom. The van der Waals surface area contributed by atoms with Crippen molar-refractivity contribution in [3.05, 3.63) is 47.1 Å². The number of methoxy groups -OCH3 is 1. The van der Waals surface area contributed by atoms with E-state index in [0.717, 1.165) is 0 Å². The van der Waals surface area contributed by atoms with Gasteiger partial charge in [0.2, 0.25) is 5.76 Å². The lowest BCUT2D eigenvalue weighted by Gasteiger charge is -2.11. The van der Waals surface area contributed by atoms with Crippen molar-refractivity contribution in [1.29, 1.82) is 0 Å². The fraction of sp³-hybridized carbons (Fsp3) is 0.231. The van der Waals surface area contributed by atoms with Gasteiger partial charge in [0, 0.05) is 12.3 Å². The van der Waals surface area contributed by atoms with Gasteiger partial charge in [0.25, 0.3) is 0 Å². The molecule has 5 nitrogen and oxygen atoms in total. The molecule has 0 fully saturated rings. The molecule has 6 heteroatoms. The van der Waals surface area contributed by atoms with Crippen molar-refractivity contribution >= 4 is 17.6 Å². The number of halogens is 1. The number of pyridine rings is 1. The van der Waals surface area contributed by atoms with Crippen LogP contribution >= 0.6 is 11.6 Å². The fourth-order valence-corrected chi connectivity index (χ4v) is 1.66. The van der Waals surface area contributed by atoms with Crippen molar-refractivity contribution in [3.63, 3.8) is 0 Å². The topological polar surface area (TPSA) is 61.6 Å². The molecule has 0 aromatic carbocycles. The smallest absolute Gasteiger partial charge is 0.373 e. The van der Waals surface area contributed by atoms with Crippen LogP contribution in [0.5, 0.6) is 5.75 Å². The molecule has 0 spiro atoms. The quantitative estimate of drug-likeness (QED) is 0.805. The highest BCUT2D eigenvalue weighted by Crippen LogP contribution is 2.24. The van der Waals surface area contributed by atoms with Crippen LogP contribution in [-0.2, 0) is 4.74 Å². The summed E-state index contributed by atoms with van der Waals surface area (Å²) < 4.78 is 15.5. The first-order chi connectivity index (χ1) is 9.10. The van der Waals surface area contributed by atoms with E-state index in [0.29, 0.717) is 16.5 Å². The third kappa shape index (κ3) is 3.26. The molecule has 0 saturated heterocycles. The fourth-order valence-electron chi connectivity index (χ4n) is 1.50. The number of hydrogen-bond donors (Lipinski definition) is 0. The summed E-state index contributed by atoms with van der Waals surface area (Å²) in [4.78, 5) is 15.2. The highest BCUT2D eigenvalue weighted by molar-refractivity contribution is 6.30. The number of furan rings is 1. The van der Waals surface area contributed by atoms with Crippen LogP contribution in [0.2, 0.25) is 5.02 Å². The molecule has 0 radical (unpaired) electrons. The molecule has 2 heterocycles. The van der Waals surface area contributed by atoms with Crippen LogP contribution in [0.4, 0.5) is 0 Å². The van der Waals surface area contributed by atoms with E-state index in [1.807, 2.05) is 0 Å². The zero-order valence-electron chi connectivity index (χ0n) is 10.4. The highest BCUT2D eigenvalue weighted by Gasteiger charge is 2.16. The third-order valence-corrected chi connectivity index (χ3v) is 2.61. The predicted octanol–water partition coefficient (Wildman–Crippen LogP) is 3.25. The molecule has 0 aliphatic carbocycles. The van der Waals surface area contributed by atoms with E-state index in [-0.39, 0.29) is 11.9 Å². The van der Waals surface area contributed by atoms with Crippen molar-refractivity contribution < 1.29 is 18.7 Å². The Morgan fingerprint density at radius 1 is 1.42 bits per heavy atom. The molecule has 2 rings (SSSR count). The molecule has 1 unspecified atom stereocenters. The van der Waals surface area contributed by atoms with Gasteiger partial charge in [-0.2, -0.15) is 0 Å². The second kappa shape index (κ2) is 5.75. The minimum atomic E-state index is -0.525. The molecule has 100 valence electrons. The van der Waals surface area contributed by atoms with Crippen LogP contribution in [-0.4, -0.2) is 18.1 Å². The number of rotatable bonds is 4. The minimum absolute atomic E-state index is 0.136. The van der Waals surface area contributed by atoms with Crippen LogP contribution in [0, 0.1) is 0 Å². The molecular weight excluding hydrogens is 270 g/mol. The van der Waals surface area contributed by atoms with Gasteiger partial charge < -0.3 is 13.9 Å². The van der Waals surface area contributed by atoms with Crippen LogP contribution < -0.4 is 4.74 Å². The van der Waals surface area contributed by atoms with Gasteiger partial charge in [0.15, 0.2) is 6.10 Å². The van der Waals surface area contributed by atoms with E-state index in [1.54, 1.807) is 25.3 Å². The predicted molar refractivity (Wildman–Crippen MR) is 68.3 cm³/mol. The lowest BCUT2D eigenvalue weighted by Crippen LogP contribution is -2.03. The maximum absolute atomic E-state index is 11.3. The second-order valence-electron chi connectivity index (χ2n) is 3.79. The zero-order valence-corrected chi connectivity index (χ0v) is 11.2. The van der Waals surface area contributed by atoms with Crippen molar-refractivity contribution in [2.75, 3.05) is 7.11 Å². The van der Waals surface area contributed by atoms with Gasteiger partial charge in [-0.25, -0.2) is 4.79 Å². The summed E-state index contributed by atoms with van der Waals surface area (Å²) in [5.74, 6) is 0.649. The first-order valence-corrected chi connectivity index (χ1v) is 5.93. The Labute approximate surface area is 115 Å². The molecule has 0 saturated carbocycles. The van der Waals surface area contributed by atoms with E-state index in [2.05, 4.69) is 9.72 Å². The standard InChI is InChI=1S/C13H12ClNO4/c1-8(18-10-5-9(14)6-15-7-10)11-3-4-12(19-11)13(16)17-2/h3-8H,1-2H3. The van der Waals surface area contributed by atoms with Gasteiger partial charge in [0.05, 0.1) is 18.3 Å². The number of aromatic nitrogens is 1. The molecule has 1 atom stereocenters. The maximum atomic E-state index is 11.3. The molecule has 2 aromatic heterocycles. The van der Waals surface area contributed by atoms with Gasteiger partial charge in [-0.1, -0.05) is 11.6 Å². The minimum Gasteiger partial charge on any atom is -0.481 e. The number of hydrogen-bond acceptors (Lipinski definition) is 5. The lowest BCUT2D eigenvalue weighted by atomic mass is 10.3. The Balaban J connectivity index is 2.09. The van der Waals surface area contributed by atoms with Gasteiger partial charge in [-0.3, -0.25) is 4.98 Å². The van der Waals surface area contributed by atoms with Crippen LogP contribution in [0.3, 0.4) is 0 Å². The van der Waals surface area contributed by atoms with E-state index in [1.165, 1.54) is 19.4 Å². The summed E-state index contributed by atoms with van der Waals surface area (Å²) in [5.41, 5.74) is 0. The van der Waals surface area contributed by atoms with E-state index in [4.69, 9.17) is 20.8 Å². The number of esters is 1. The largest absolute Gasteiger partial charge is 0.481 e. The Kier molecular flexibility index (Phi) is 4.06. The monoisotopic (exact) mass is 281 g/mol. The van der Waals surface area contributed by atoms with Crippen molar-refractivity contribution in [2.24, 2.45) is 0 Å². The van der Waals surface area contributed by atoms with Gasteiger partial charge >= 0.3 is 5.97 Å². The summed E-state index contributed by atoms with van der Waals surface area (Å²) >= 11 is 5.81. The summed E-state index contributed by atoms with van der Waals surface area (Å²) in [6.07, 6.45) is 2.69. The highest BCUT2D eigenvalue weighted by atomic mass is 35.5. The number of nitrogens with zero attached hydrogens (tertiary/aromatic N) is 1. The summed E-state index contributed by atoms with van der Waals surface area (Å²) in [6.45, 7) is 1.79. The molecular formula is C13H12ClNO4. The average molecular weight is 282 g/mol. The lowest BCUT2D eigenvalue weighted by molar-refractivity contribution is 0.0558. The average Bonchev–Trinajstić information content (AvgIpc) is 2.87. The number of carbonyl (C=O) groups excluding carboxylic acids is 1. The van der Waals surface area contributed by atoms with Crippen molar-refractivity contribution in [1.82, 2.24) is 4.98 Å². The Morgan fingerprint density at radius 2 is 2.21 bits per heavy atom. The molecule has 0 amide bonds. The van der Waals surface area contributed by atoms with E-state index < -0.39 is 5.97 Å². The van der Waals surface area contributed by atoms with Gasteiger partial charge in [-0.15, -0.1) is 0 Å². The van der Waals surface area contributed by atoms with E-state index in [9.17, 15) is 4.79 Å². The van der Waals surface area contributed by atoms with Gasteiger partial charge in [-0.05, 0) is 19.1 Å². The maximum Gasteiger partial charge on any atom is 0.373 e. The Hall–Kier alpha value is -2.01. The third-order valence-electron chi connectivity index (χ3n) is 2.41. The van der Waals surface area contributed by atoms with Crippen molar-refractivity contribution in [2.45, 2.75) is 13.0 Å². The number of carbonyl (C=O) groups is 1. The number of ether oxygens (including phenoxy) is 2. The summed E-state index contributed by atoms with van der Waals surface area (Å²) in [7, 11) is 1.29. The molecule has 19 heavy (non-hydrogen) atoms. The molecule has 0 bridgehead atoms. The van der Waals surface area contributed by atoms with Crippen LogP contribution in [0.15, 0.2) is 35.0 Å². The summed E-state index contributed by atoms with van der Waals surface area (Å²) in [6, 6.07) is 4.85.